The number of hydrogen-bond donors (Lipinski definition) is 1. The molecule has 168 valence electrons. The first-order valence-electron chi connectivity index (χ1n) is 10.2. The SMILES string of the molecule is COc1ccc(-c2ccc(=O)n(CCNC(=O)COc3ccc(C)cc3C)n2)cc1OC. The fourth-order valence-electron chi connectivity index (χ4n) is 3.22. The van der Waals surface area contributed by atoms with E-state index in [1.165, 1.54) is 10.7 Å². The Kier molecular flexibility index (Phi) is 7.49. The van der Waals surface area contributed by atoms with Crippen LogP contribution >= 0.6 is 0 Å². The Bertz CT molecular complexity index is 1160. The van der Waals surface area contributed by atoms with E-state index in [0.717, 1.165) is 16.7 Å². The predicted molar refractivity (Wildman–Crippen MR) is 121 cm³/mol. The van der Waals surface area contributed by atoms with E-state index in [9.17, 15) is 9.59 Å². The Hall–Kier alpha value is -3.81. The minimum Gasteiger partial charge on any atom is -0.493 e. The average molecular weight is 437 g/mol. The molecule has 8 nitrogen and oxygen atoms in total. The largest absolute Gasteiger partial charge is 0.493 e. The number of aryl methyl sites for hydroxylation is 2. The summed E-state index contributed by atoms with van der Waals surface area (Å²) in [5.41, 5.74) is 3.24. The molecule has 1 heterocycles. The lowest BCUT2D eigenvalue weighted by atomic mass is 10.1. The number of carbonyl (C=O) groups is 1. The Balaban J connectivity index is 1.59. The molecule has 1 aromatic heterocycles. The number of hydrogen-bond acceptors (Lipinski definition) is 6. The molecule has 0 aliphatic rings. The third-order valence-corrected chi connectivity index (χ3v) is 4.88. The summed E-state index contributed by atoms with van der Waals surface area (Å²) in [4.78, 5) is 24.3. The first-order valence-corrected chi connectivity index (χ1v) is 10.2. The molecular weight excluding hydrogens is 410 g/mol. The zero-order chi connectivity index (χ0) is 23.1. The van der Waals surface area contributed by atoms with Crippen molar-refractivity contribution in [2.75, 3.05) is 27.4 Å². The van der Waals surface area contributed by atoms with Gasteiger partial charge in [0.25, 0.3) is 11.5 Å². The zero-order valence-electron chi connectivity index (χ0n) is 18.7. The second-order valence-corrected chi connectivity index (χ2v) is 7.26. The fourth-order valence-corrected chi connectivity index (χ4v) is 3.22. The van der Waals surface area contributed by atoms with Crippen molar-refractivity contribution in [3.05, 3.63) is 70.0 Å². The summed E-state index contributed by atoms with van der Waals surface area (Å²) in [5.74, 6) is 1.58. The molecule has 1 amide bonds. The number of benzene rings is 2. The fraction of sp³-hybridized carbons (Fsp3) is 0.292. The van der Waals surface area contributed by atoms with E-state index in [2.05, 4.69) is 10.4 Å². The van der Waals surface area contributed by atoms with E-state index in [1.807, 2.05) is 38.1 Å². The molecule has 0 fully saturated rings. The number of ether oxygens (including phenoxy) is 3. The van der Waals surface area contributed by atoms with Crippen LogP contribution in [-0.4, -0.2) is 43.1 Å². The monoisotopic (exact) mass is 437 g/mol. The third-order valence-electron chi connectivity index (χ3n) is 4.88. The first-order chi connectivity index (χ1) is 15.4. The number of carbonyl (C=O) groups excluding carboxylic acids is 1. The van der Waals surface area contributed by atoms with Crippen molar-refractivity contribution in [1.82, 2.24) is 15.1 Å². The van der Waals surface area contributed by atoms with Crippen molar-refractivity contribution < 1.29 is 19.0 Å². The van der Waals surface area contributed by atoms with Gasteiger partial charge in [0.05, 0.1) is 26.5 Å². The van der Waals surface area contributed by atoms with Crippen molar-refractivity contribution in [3.63, 3.8) is 0 Å². The number of nitrogens with one attached hydrogen (secondary N) is 1. The number of methoxy groups -OCH3 is 2. The third kappa shape index (κ3) is 5.66. The molecule has 8 heteroatoms. The van der Waals surface area contributed by atoms with Crippen molar-refractivity contribution in [3.8, 4) is 28.5 Å². The molecule has 32 heavy (non-hydrogen) atoms. The van der Waals surface area contributed by atoms with Gasteiger partial charge in [0.15, 0.2) is 18.1 Å². The summed E-state index contributed by atoms with van der Waals surface area (Å²) in [6, 6.07) is 14.3. The number of nitrogens with zero attached hydrogens (tertiary/aromatic N) is 2. The van der Waals surface area contributed by atoms with Crippen LogP contribution in [0.25, 0.3) is 11.3 Å². The van der Waals surface area contributed by atoms with E-state index in [1.54, 1.807) is 32.4 Å². The molecule has 0 atom stereocenters. The van der Waals surface area contributed by atoms with Crippen LogP contribution in [0.5, 0.6) is 17.2 Å². The van der Waals surface area contributed by atoms with Gasteiger partial charge < -0.3 is 19.5 Å². The van der Waals surface area contributed by atoms with Gasteiger partial charge in [-0.15, -0.1) is 0 Å². The molecule has 0 bridgehead atoms. The highest BCUT2D eigenvalue weighted by atomic mass is 16.5. The highest BCUT2D eigenvalue weighted by Gasteiger charge is 2.10. The summed E-state index contributed by atoms with van der Waals surface area (Å²) in [7, 11) is 3.12. The minimum absolute atomic E-state index is 0.0993. The maximum Gasteiger partial charge on any atom is 0.266 e. The van der Waals surface area contributed by atoms with E-state index >= 15 is 0 Å². The minimum atomic E-state index is -0.269. The Morgan fingerprint density at radius 1 is 0.969 bits per heavy atom. The summed E-state index contributed by atoms with van der Waals surface area (Å²) >= 11 is 0. The lowest BCUT2D eigenvalue weighted by Gasteiger charge is -2.12. The Morgan fingerprint density at radius 2 is 1.72 bits per heavy atom. The van der Waals surface area contributed by atoms with E-state index < -0.39 is 0 Å². The van der Waals surface area contributed by atoms with Gasteiger partial charge in [-0.3, -0.25) is 9.59 Å². The summed E-state index contributed by atoms with van der Waals surface area (Å²) in [6.07, 6.45) is 0. The Labute approximate surface area is 186 Å². The second-order valence-electron chi connectivity index (χ2n) is 7.26. The van der Waals surface area contributed by atoms with Crippen LogP contribution in [0.15, 0.2) is 53.3 Å². The van der Waals surface area contributed by atoms with Crippen LogP contribution in [-0.2, 0) is 11.3 Å². The lowest BCUT2D eigenvalue weighted by Crippen LogP contribution is -2.34. The van der Waals surface area contributed by atoms with Crippen molar-refractivity contribution in [2.24, 2.45) is 0 Å². The van der Waals surface area contributed by atoms with Crippen LogP contribution in [0.3, 0.4) is 0 Å². The molecule has 0 aliphatic heterocycles. The molecule has 0 spiro atoms. The number of rotatable bonds is 9. The summed E-state index contributed by atoms with van der Waals surface area (Å²) in [6.45, 7) is 4.31. The zero-order valence-corrected chi connectivity index (χ0v) is 18.7. The molecule has 0 saturated carbocycles. The number of amides is 1. The van der Waals surface area contributed by atoms with Crippen LogP contribution < -0.4 is 25.1 Å². The van der Waals surface area contributed by atoms with Crippen molar-refractivity contribution in [1.29, 1.82) is 0 Å². The molecule has 0 saturated heterocycles. The molecule has 0 radical (unpaired) electrons. The molecule has 3 aromatic rings. The van der Waals surface area contributed by atoms with Gasteiger partial charge in [-0.2, -0.15) is 5.10 Å². The normalized spacial score (nSPS) is 10.5. The van der Waals surface area contributed by atoms with Gasteiger partial charge in [0.1, 0.15) is 5.75 Å². The van der Waals surface area contributed by atoms with Gasteiger partial charge in [-0.05, 0) is 49.7 Å². The average Bonchev–Trinajstić information content (AvgIpc) is 2.79. The predicted octanol–water partition coefficient (Wildman–Crippen LogP) is 2.74. The van der Waals surface area contributed by atoms with Gasteiger partial charge in [0.2, 0.25) is 0 Å². The van der Waals surface area contributed by atoms with Gasteiger partial charge >= 0.3 is 0 Å². The molecule has 0 aliphatic carbocycles. The Morgan fingerprint density at radius 3 is 2.44 bits per heavy atom. The van der Waals surface area contributed by atoms with Gasteiger partial charge in [-0.25, -0.2) is 4.68 Å². The number of aromatic nitrogens is 2. The second kappa shape index (κ2) is 10.5. The van der Waals surface area contributed by atoms with Crippen LogP contribution in [0, 0.1) is 13.8 Å². The quantitative estimate of drug-likeness (QED) is 0.554. The van der Waals surface area contributed by atoms with Gasteiger partial charge in [0, 0.05) is 18.2 Å². The standard InChI is InChI=1S/C24H27N3O5/c1-16-5-8-20(17(2)13-16)32-15-23(28)25-11-12-27-24(29)10-7-19(26-27)18-6-9-21(30-3)22(14-18)31-4/h5-10,13-14H,11-12,15H2,1-4H3,(H,25,28). The van der Waals surface area contributed by atoms with Crippen LogP contribution in [0.4, 0.5) is 0 Å². The topological polar surface area (TPSA) is 91.7 Å². The maximum absolute atomic E-state index is 12.2. The van der Waals surface area contributed by atoms with Crippen LogP contribution in [0.2, 0.25) is 0 Å². The molecule has 3 rings (SSSR count). The van der Waals surface area contributed by atoms with E-state index in [-0.39, 0.29) is 31.2 Å². The molecular formula is C24H27N3O5. The molecule has 2 aromatic carbocycles. The maximum atomic E-state index is 12.2. The smallest absolute Gasteiger partial charge is 0.266 e. The highest BCUT2D eigenvalue weighted by Crippen LogP contribution is 2.31. The van der Waals surface area contributed by atoms with Gasteiger partial charge in [-0.1, -0.05) is 17.7 Å². The van der Waals surface area contributed by atoms with E-state index in [4.69, 9.17) is 14.2 Å². The van der Waals surface area contributed by atoms with Crippen molar-refractivity contribution in [2.45, 2.75) is 20.4 Å². The molecule has 0 unspecified atom stereocenters. The van der Waals surface area contributed by atoms with Crippen LogP contribution in [0.1, 0.15) is 11.1 Å². The summed E-state index contributed by atoms with van der Waals surface area (Å²) in [5, 5.41) is 7.16. The summed E-state index contributed by atoms with van der Waals surface area (Å²) < 4.78 is 17.5. The van der Waals surface area contributed by atoms with Crippen molar-refractivity contribution >= 4 is 5.91 Å². The highest BCUT2D eigenvalue weighted by molar-refractivity contribution is 5.77. The lowest BCUT2D eigenvalue weighted by molar-refractivity contribution is -0.123. The van der Waals surface area contributed by atoms with E-state index in [0.29, 0.717) is 22.9 Å². The first kappa shape index (κ1) is 22.9. The molecule has 1 N–H and O–H groups in total.